The minimum Gasteiger partial charge on any atom is -0.481 e. The monoisotopic (exact) mass is 434 g/mol. The van der Waals surface area contributed by atoms with Gasteiger partial charge in [-0.15, -0.1) is 5.92 Å². The van der Waals surface area contributed by atoms with Crippen LogP contribution in [-0.2, 0) is 21.4 Å². The second kappa shape index (κ2) is 8.74. The Morgan fingerprint density at radius 1 is 1.31 bits per heavy atom. The number of benzene rings is 2. The molecule has 0 saturated carbocycles. The molecule has 1 atom stereocenters. The number of sulfonamides is 1. The third-order valence-corrected chi connectivity index (χ3v) is 6.43. The van der Waals surface area contributed by atoms with E-state index in [9.17, 15) is 18.3 Å². The summed E-state index contributed by atoms with van der Waals surface area (Å²) in [6.45, 7) is 1.84. The van der Waals surface area contributed by atoms with E-state index in [1.54, 1.807) is 19.1 Å². The quantitative estimate of drug-likeness (QED) is 0.702. The van der Waals surface area contributed by atoms with Crippen molar-refractivity contribution >= 4 is 33.3 Å². The number of hydrogen-bond donors (Lipinski definition) is 2. The van der Waals surface area contributed by atoms with E-state index in [1.807, 2.05) is 0 Å². The van der Waals surface area contributed by atoms with Crippen molar-refractivity contribution in [3.63, 3.8) is 0 Å². The van der Waals surface area contributed by atoms with E-state index in [0.717, 1.165) is 4.31 Å². The Kier molecular flexibility index (Phi) is 6.33. The molecule has 1 aliphatic heterocycles. The standard InChI is InChI=1S/C20H19ClN2O5S/c1-2-3-10-28-16-6-8-17(9-7-16)29(26,27)23-13-18(20(24)25)22-12-14-4-5-15(21)11-19(14)23/h4-9,11,18,22H,10,12-13H2,1H3,(H,24,25). The van der Waals surface area contributed by atoms with Gasteiger partial charge in [0, 0.05) is 11.6 Å². The van der Waals surface area contributed by atoms with Gasteiger partial charge in [-0.2, -0.15) is 0 Å². The van der Waals surface area contributed by atoms with Gasteiger partial charge in [0.15, 0.2) is 0 Å². The first-order valence-electron chi connectivity index (χ1n) is 8.73. The number of fused-ring (bicyclic) bond motifs is 1. The Balaban J connectivity index is 1.99. The first-order chi connectivity index (χ1) is 13.8. The van der Waals surface area contributed by atoms with Crippen molar-refractivity contribution in [3.8, 4) is 17.6 Å². The first kappa shape index (κ1) is 21.0. The predicted octanol–water partition coefficient (Wildman–Crippen LogP) is 2.49. The van der Waals surface area contributed by atoms with Crippen molar-refractivity contribution in [2.75, 3.05) is 17.5 Å². The van der Waals surface area contributed by atoms with Crippen molar-refractivity contribution in [1.29, 1.82) is 0 Å². The number of ether oxygens (including phenoxy) is 1. The van der Waals surface area contributed by atoms with Crippen LogP contribution < -0.4 is 14.4 Å². The third-order valence-electron chi connectivity index (χ3n) is 4.40. The normalized spacial score (nSPS) is 16.2. The van der Waals surface area contributed by atoms with Gasteiger partial charge in [0.25, 0.3) is 10.0 Å². The molecule has 1 unspecified atom stereocenters. The number of carboxylic acid groups (broad SMARTS) is 1. The highest BCUT2D eigenvalue weighted by atomic mass is 35.5. The molecule has 2 aromatic carbocycles. The average molecular weight is 435 g/mol. The number of halogens is 1. The van der Waals surface area contributed by atoms with Gasteiger partial charge in [0.05, 0.1) is 17.1 Å². The van der Waals surface area contributed by atoms with Crippen LogP contribution in [0, 0.1) is 11.8 Å². The van der Waals surface area contributed by atoms with Gasteiger partial charge in [0.1, 0.15) is 18.4 Å². The minimum absolute atomic E-state index is 0.0170. The molecule has 152 valence electrons. The van der Waals surface area contributed by atoms with Crippen LogP contribution in [0.25, 0.3) is 0 Å². The maximum Gasteiger partial charge on any atom is 0.322 e. The zero-order valence-electron chi connectivity index (χ0n) is 15.6. The smallest absolute Gasteiger partial charge is 0.322 e. The molecule has 0 saturated heterocycles. The van der Waals surface area contributed by atoms with Crippen LogP contribution in [0.4, 0.5) is 5.69 Å². The molecule has 0 aromatic heterocycles. The molecule has 1 heterocycles. The topological polar surface area (TPSA) is 95.9 Å². The maximum absolute atomic E-state index is 13.4. The van der Waals surface area contributed by atoms with Crippen LogP contribution in [0.15, 0.2) is 47.4 Å². The fourth-order valence-electron chi connectivity index (χ4n) is 2.90. The molecule has 2 N–H and O–H groups in total. The summed E-state index contributed by atoms with van der Waals surface area (Å²) in [6.07, 6.45) is 0. The number of rotatable bonds is 5. The van der Waals surface area contributed by atoms with E-state index in [1.165, 1.54) is 30.3 Å². The van der Waals surface area contributed by atoms with Crippen LogP contribution in [-0.4, -0.2) is 38.7 Å². The number of carboxylic acids is 1. The zero-order chi connectivity index (χ0) is 21.0. The fraction of sp³-hybridized carbons (Fsp3) is 0.250. The van der Waals surface area contributed by atoms with E-state index >= 15 is 0 Å². The van der Waals surface area contributed by atoms with Gasteiger partial charge >= 0.3 is 5.97 Å². The summed E-state index contributed by atoms with van der Waals surface area (Å²) in [4.78, 5) is 11.6. The van der Waals surface area contributed by atoms with Crippen molar-refractivity contribution in [1.82, 2.24) is 5.32 Å². The molecule has 0 aliphatic carbocycles. The molecule has 0 spiro atoms. The highest BCUT2D eigenvalue weighted by Crippen LogP contribution is 2.32. The van der Waals surface area contributed by atoms with Crippen molar-refractivity contribution in [3.05, 3.63) is 53.1 Å². The van der Waals surface area contributed by atoms with Crippen LogP contribution in [0.1, 0.15) is 12.5 Å². The Hall–Kier alpha value is -2.73. The number of aliphatic carboxylic acids is 1. The number of anilines is 1. The second-order valence-corrected chi connectivity index (χ2v) is 8.57. The Morgan fingerprint density at radius 3 is 2.69 bits per heavy atom. The number of nitrogens with zero attached hydrogens (tertiary/aromatic N) is 1. The highest BCUT2D eigenvalue weighted by molar-refractivity contribution is 7.92. The van der Waals surface area contributed by atoms with E-state index in [-0.39, 0.29) is 24.6 Å². The molecule has 0 bridgehead atoms. The summed E-state index contributed by atoms with van der Waals surface area (Å²) in [5.74, 6) is 4.81. The molecule has 7 nitrogen and oxygen atoms in total. The van der Waals surface area contributed by atoms with Crippen LogP contribution in [0.3, 0.4) is 0 Å². The summed E-state index contributed by atoms with van der Waals surface area (Å²) in [5, 5.41) is 12.7. The molecule has 29 heavy (non-hydrogen) atoms. The van der Waals surface area contributed by atoms with Crippen molar-refractivity contribution in [2.45, 2.75) is 24.4 Å². The van der Waals surface area contributed by atoms with E-state index in [0.29, 0.717) is 22.0 Å². The summed E-state index contributed by atoms with van der Waals surface area (Å²) < 4.78 is 33.2. The molecule has 0 radical (unpaired) electrons. The molecule has 0 amide bonds. The molecule has 1 aliphatic rings. The van der Waals surface area contributed by atoms with E-state index in [2.05, 4.69) is 17.2 Å². The maximum atomic E-state index is 13.4. The van der Waals surface area contributed by atoms with Gasteiger partial charge in [-0.1, -0.05) is 23.6 Å². The lowest BCUT2D eigenvalue weighted by Gasteiger charge is -2.26. The predicted molar refractivity (Wildman–Crippen MR) is 110 cm³/mol. The Bertz CT molecular complexity index is 1070. The summed E-state index contributed by atoms with van der Waals surface area (Å²) in [5.41, 5.74) is 0.993. The zero-order valence-corrected chi connectivity index (χ0v) is 17.1. The van der Waals surface area contributed by atoms with Crippen LogP contribution >= 0.6 is 11.6 Å². The molecule has 2 aromatic rings. The summed E-state index contributed by atoms with van der Waals surface area (Å²) >= 11 is 6.09. The molecular formula is C20H19ClN2O5S. The van der Waals surface area contributed by atoms with Gasteiger partial charge < -0.3 is 9.84 Å². The molecule has 9 heteroatoms. The Morgan fingerprint density at radius 2 is 2.03 bits per heavy atom. The molecule has 0 fully saturated rings. The average Bonchev–Trinajstić information content (AvgIpc) is 2.88. The van der Waals surface area contributed by atoms with Crippen molar-refractivity contribution in [2.24, 2.45) is 0 Å². The lowest BCUT2D eigenvalue weighted by molar-refractivity contribution is -0.139. The van der Waals surface area contributed by atoms with Gasteiger partial charge in [-0.25, -0.2) is 8.42 Å². The SMILES string of the molecule is CC#CCOc1ccc(S(=O)(=O)N2CC(C(=O)O)NCc3ccc(Cl)cc32)cc1. The van der Waals surface area contributed by atoms with E-state index < -0.39 is 22.0 Å². The van der Waals surface area contributed by atoms with Crippen molar-refractivity contribution < 1.29 is 23.1 Å². The highest BCUT2D eigenvalue weighted by Gasteiger charge is 2.34. The fourth-order valence-corrected chi connectivity index (χ4v) is 4.58. The number of carbonyl (C=O) groups is 1. The molecular weight excluding hydrogens is 416 g/mol. The minimum atomic E-state index is -4.04. The third kappa shape index (κ3) is 4.65. The molecule has 3 rings (SSSR count). The van der Waals surface area contributed by atoms with E-state index in [4.69, 9.17) is 16.3 Å². The largest absolute Gasteiger partial charge is 0.481 e. The van der Waals surface area contributed by atoms with Gasteiger partial charge in [-0.3, -0.25) is 14.4 Å². The lowest BCUT2D eigenvalue weighted by atomic mass is 10.2. The van der Waals surface area contributed by atoms with Crippen LogP contribution in [0.5, 0.6) is 5.75 Å². The van der Waals surface area contributed by atoms with Crippen LogP contribution in [0.2, 0.25) is 5.02 Å². The Labute approximate surface area is 174 Å². The van der Waals surface area contributed by atoms with Gasteiger partial charge in [-0.05, 0) is 48.9 Å². The van der Waals surface area contributed by atoms with Gasteiger partial charge in [0.2, 0.25) is 0 Å². The first-order valence-corrected chi connectivity index (χ1v) is 10.5. The number of nitrogens with one attached hydrogen (secondary N) is 1. The summed E-state index contributed by atoms with van der Waals surface area (Å²) in [7, 11) is -4.04. The second-order valence-electron chi connectivity index (χ2n) is 6.27. The number of hydrogen-bond acceptors (Lipinski definition) is 5. The summed E-state index contributed by atoms with van der Waals surface area (Å²) in [6, 6.07) is 9.70. The lowest BCUT2D eigenvalue weighted by Crippen LogP contribution is -2.45.